The molecule has 1 aromatic heterocycles. The van der Waals surface area contributed by atoms with Crippen LogP contribution < -0.4 is 10.9 Å². The fourth-order valence-corrected chi connectivity index (χ4v) is 2.92. The van der Waals surface area contributed by atoms with E-state index in [2.05, 4.69) is 10.3 Å². The summed E-state index contributed by atoms with van der Waals surface area (Å²) in [6.07, 6.45) is 0. The highest BCUT2D eigenvalue weighted by Gasteiger charge is 2.14. The van der Waals surface area contributed by atoms with Crippen molar-refractivity contribution in [2.75, 3.05) is 6.61 Å². The highest BCUT2D eigenvalue weighted by molar-refractivity contribution is 5.94. The summed E-state index contributed by atoms with van der Waals surface area (Å²) >= 11 is 0. The molecule has 1 amide bonds. The number of amides is 1. The second kappa shape index (κ2) is 8.64. The Hall–Kier alpha value is -3.55. The van der Waals surface area contributed by atoms with Crippen molar-refractivity contribution in [1.82, 2.24) is 14.9 Å². The summed E-state index contributed by atoms with van der Waals surface area (Å²) in [4.78, 5) is 40.5. The van der Waals surface area contributed by atoms with Gasteiger partial charge in [0, 0.05) is 18.7 Å². The maximum atomic E-state index is 13.5. The zero-order chi connectivity index (χ0) is 21.0. The molecule has 0 aliphatic carbocycles. The number of esters is 1. The molecule has 3 aromatic rings. The predicted octanol–water partition coefficient (Wildman–Crippen LogP) is 2.34. The number of hydrogen-bond acceptors (Lipinski definition) is 5. The average Bonchev–Trinajstić information content (AvgIpc) is 2.72. The van der Waals surface area contributed by atoms with Crippen LogP contribution in [0.4, 0.5) is 4.39 Å². The number of ether oxygens (including phenoxy) is 1. The second-order valence-corrected chi connectivity index (χ2v) is 6.39. The molecule has 7 nitrogen and oxygen atoms in total. The molecule has 0 spiro atoms. The van der Waals surface area contributed by atoms with E-state index in [0.717, 1.165) is 0 Å². The summed E-state index contributed by atoms with van der Waals surface area (Å²) in [5.74, 6) is -1.66. The van der Waals surface area contributed by atoms with Gasteiger partial charge in [-0.25, -0.2) is 14.2 Å². The second-order valence-electron chi connectivity index (χ2n) is 6.39. The Kier molecular flexibility index (Phi) is 6.01. The summed E-state index contributed by atoms with van der Waals surface area (Å²) in [6.45, 7) is 3.44. The SMILES string of the molecule is CCn1c(=O)c(C)nc2cc(C(=O)OCC(=O)NCc3ccccc3F)ccc21. The van der Waals surface area contributed by atoms with Gasteiger partial charge in [-0.05, 0) is 38.1 Å². The van der Waals surface area contributed by atoms with E-state index in [4.69, 9.17) is 4.74 Å². The van der Waals surface area contributed by atoms with Gasteiger partial charge in [0.05, 0.1) is 16.6 Å². The Bertz CT molecular complexity index is 1140. The number of carbonyl (C=O) groups is 2. The van der Waals surface area contributed by atoms with Gasteiger partial charge in [0.15, 0.2) is 6.61 Å². The Balaban J connectivity index is 1.65. The first kappa shape index (κ1) is 20.2. The van der Waals surface area contributed by atoms with Gasteiger partial charge in [-0.15, -0.1) is 0 Å². The number of nitrogens with zero attached hydrogens (tertiary/aromatic N) is 2. The lowest BCUT2D eigenvalue weighted by Gasteiger charge is -2.10. The highest BCUT2D eigenvalue weighted by atomic mass is 19.1. The van der Waals surface area contributed by atoms with Crippen molar-refractivity contribution >= 4 is 22.9 Å². The molecule has 0 aliphatic heterocycles. The Morgan fingerprint density at radius 2 is 1.97 bits per heavy atom. The fourth-order valence-electron chi connectivity index (χ4n) is 2.92. The summed E-state index contributed by atoms with van der Waals surface area (Å²) in [6, 6.07) is 10.7. The lowest BCUT2D eigenvalue weighted by atomic mass is 10.2. The number of rotatable bonds is 6. The number of aromatic nitrogens is 2. The lowest BCUT2D eigenvalue weighted by Crippen LogP contribution is -2.28. The van der Waals surface area contributed by atoms with E-state index in [-0.39, 0.29) is 17.7 Å². The average molecular weight is 397 g/mol. The third-order valence-electron chi connectivity index (χ3n) is 4.43. The summed E-state index contributed by atoms with van der Waals surface area (Å²) in [5, 5.41) is 2.50. The van der Waals surface area contributed by atoms with Crippen LogP contribution in [-0.4, -0.2) is 28.0 Å². The molecule has 1 heterocycles. The zero-order valence-electron chi connectivity index (χ0n) is 16.1. The number of fused-ring (bicyclic) bond motifs is 1. The Morgan fingerprint density at radius 3 is 2.69 bits per heavy atom. The Labute approximate surface area is 166 Å². The molecular formula is C21H20FN3O4. The van der Waals surface area contributed by atoms with Crippen LogP contribution in [0.5, 0.6) is 0 Å². The van der Waals surface area contributed by atoms with Crippen molar-refractivity contribution in [3.8, 4) is 0 Å². The molecule has 0 unspecified atom stereocenters. The predicted molar refractivity (Wildman–Crippen MR) is 105 cm³/mol. The minimum atomic E-state index is -0.693. The van der Waals surface area contributed by atoms with E-state index >= 15 is 0 Å². The fraction of sp³-hybridized carbons (Fsp3) is 0.238. The third-order valence-corrected chi connectivity index (χ3v) is 4.43. The van der Waals surface area contributed by atoms with Crippen molar-refractivity contribution in [2.45, 2.75) is 26.9 Å². The molecule has 29 heavy (non-hydrogen) atoms. The maximum absolute atomic E-state index is 13.5. The van der Waals surface area contributed by atoms with Crippen molar-refractivity contribution in [3.05, 3.63) is 75.5 Å². The number of nitrogens with one attached hydrogen (secondary N) is 1. The zero-order valence-corrected chi connectivity index (χ0v) is 16.1. The van der Waals surface area contributed by atoms with Gasteiger partial charge in [0.1, 0.15) is 11.5 Å². The van der Waals surface area contributed by atoms with E-state index in [1.54, 1.807) is 35.8 Å². The van der Waals surface area contributed by atoms with Gasteiger partial charge in [-0.3, -0.25) is 9.59 Å². The number of benzene rings is 2. The van der Waals surface area contributed by atoms with Crippen LogP contribution in [0.1, 0.15) is 28.5 Å². The number of halogens is 1. The highest BCUT2D eigenvalue weighted by Crippen LogP contribution is 2.14. The number of carbonyl (C=O) groups excluding carboxylic acids is 2. The van der Waals surface area contributed by atoms with Gasteiger partial charge in [-0.2, -0.15) is 0 Å². The third kappa shape index (κ3) is 4.48. The van der Waals surface area contributed by atoms with Gasteiger partial charge in [0.2, 0.25) is 0 Å². The monoisotopic (exact) mass is 397 g/mol. The Morgan fingerprint density at radius 1 is 1.21 bits per heavy atom. The molecule has 8 heteroatoms. The van der Waals surface area contributed by atoms with Crippen LogP contribution in [0.2, 0.25) is 0 Å². The first-order valence-corrected chi connectivity index (χ1v) is 9.09. The van der Waals surface area contributed by atoms with Crippen LogP contribution in [0, 0.1) is 12.7 Å². The standard InChI is InChI=1S/C21H20FN3O4/c1-3-25-18-9-8-14(10-17(18)24-13(2)20(25)27)21(28)29-12-19(26)23-11-15-6-4-5-7-16(15)22/h4-10H,3,11-12H2,1-2H3,(H,23,26). The van der Waals surface area contributed by atoms with Crippen LogP contribution >= 0.6 is 0 Å². The molecule has 0 radical (unpaired) electrons. The molecule has 0 atom stereocenters. The van der Waals surface area contributed by atoms with Crippen molar-refractivity contribution in [2.24, 2.45) is 0 Å². The van der Waals surface area contributed by atoms with Crippen molar-refractivity contribution < 1.29 is 18.7 Å². The van der Waals surface area contributed by atoms with E-state index in [1.165, 1.54) is 18.2 Å². The molecule has 2 aromatic carbocycles. The molecule has 0 saturated heterocycles. The van der Waals surface area contributed by atoms with Crippen LogP contribution in [0.3, 0.4) is 0 Å². The molecule has 0 saturated carbocycles. The van der Waals surface area contributed by atoms with E-state index < -0.39 is 24.3 Å². The van der Waals surface area contributed by atoms with Gasteiger partial charge in [0.25, 0.3) is 11.5 Å². The largest absolute Gasteiger partial charge is 0.452 e. The topological polar surface area (TPSA) is 90.3 Å². The molecule has 150 valence electrons. The summed E-state index contributed by atoms with van der Waals surface area (Å²) in [5.41, 5.74) is 1.81. The van der Waals surface area contributed by atoms with Gasteiger partial charge < -0.3 is 14.6 Å². The number of hydrogen-bond donors (Lipinski definition) is 1. The molecule has 0 aliphatic rings. The number of aryl methyl sites for hydroxylation is 2. The normalized spacial score (nSPS) is 10.7. The molecule has 0 bridgehead atoms. The molecule has 3 rings (SSSR count). The minimum absolute atomic E-state index is 0.00320. The maximum Gasteiger partial charge on any atom is 0.338 e. The smallest absolute Gasteiger partial charge is 0.338 e. The summed E-state index contributed by atoms with van der Waals surface area (Å²) < 4.78 is 20.1. The van der Waals surface area contributed by atoms with Gasteiger partial charge in [-0.1, -0.05) is 18.2 Å². The molecule has 1 N–H and O–H groups in total. The molecular weight excluding hydrogens is 377 g/mol. The lowest BCUT2D eigenvalue weighted by molar-refractivity contribution is -0.124. The van der Waals surface area contributed by atoms with Crippen LogP contribution in [0.25, 0.3) is 11.0 Å². The quantitative estimate of drug-likeness (QED) is 0.645. The van der Waals surface area contributed by atoms with E-state index in [9.17, 15) is 18.8 Å². The minimum Gasteiger partial charge on any atom is -0.452 e. The summed E-state index contributed by atoms with van der Waals surface area (Å²) in [7, 11) is 0. The van der Waals surface area contributed by atoms with Crippen LogP contribution in [0.15, 0.2) is 47.3 Å². The first-order chi connectivity index (χ1) is 13.9. The van der Waals surface area contributed by atoms with Gasteiger partial charge >= 0.3 is 5.97 Å². The van der Waals surface area contributed by atoms with Crippen LogP contribution in [-0.2, 0) is 22.6 Å². The van der Waals surface area contributed by atoms with E-state index in [0.29, 0.717) is 28.8 Å². The van der Waals surface area contributed by atoms with E-state index in [1.807, 2.05) is 6.92 Å². The van der Waals surface area contributed by atoms with Crippen molar-refractivity contribution in [3.63, 3.8) is 0 Å². The molecule has 0 fully saturated rings. The first-order valence-electron chi connectivity index (χ1n) is 9.09. The van der Waals surface area contributed by atoms with Crippen molar-refractivity contribution in [1.29, 1.82) is 0 Å².